The summed E-state index contributed by atoms with van der Waals surface area (Å²) in [5.74, 6) is 3.39. The van der Waals surface area contributed by atoms with Gasteiger partial charge < -0.3 is 5.73 Å². The zero-order valence-corrected chi connectivity index (χ0v) is 15.5. The number of nitrogens with two attached hydrogens (primary N) is 1. The van der Waals surface area contributed by atoms with Gasteiger partial charge in [0.25, 0.3) is 0 Å². The fraction of sp³-hybridized carbons (Fsp3) is 1.00. The van der Waals surface area contributed by atoms with Gasteiger partial charge in [-0.1, -0.05) is 93.2 Å². The molecular weight excluding hydrogens is 282 g/mol. The molecule has 1 atom stereocenters. The highest BCUT2D eigenvalue weighted by atomic mass is 33.1. The molecule has 0 saturated heterocycles. The minimum atomic E-state index is 0.815. The highest BCUT2D eigenvalue weighted by Crippen LogP contribution is 2.28. The fourth-order valence-corrected chi connectivity index (χ4v) is 4.80. The van der Waals surface area contributed by atoms with E-state index in [1.54, 1.807) is 0 Å². The van der Waals surface area contributed by atoms with Gasteiger partial charge >= 0.3 is 0 Å². The van der Waals surface area contributed by atoms with Gasteiger partial charge in [0.1, 0.15) is 0 Å². The van der Waals surface area contributed by atoms with Crippen molar-refractivity contribution in [2.75, 3.05) is 18.1 Å². The molecule has 0 aromatic rings. The van der Waals surface area contributed by atoms with Gasteiger partial charge in [-0.15, -0.1) is 0 Å². The maximum absolute atomic E-state index is 5.55. The van der Waals surface area contributed by atoms with Gasteiger partial charge in [-0.3, -0.25) is 0 Å². The van der Waals surface area contributed by atoms with Crippen LogP contribution < -0.4 is 5.73 Å². The minimum absolute atomic E-state index is 0.815. The largest absolute Gasteiger partial charge is 0.330 e. The Morgan fingerprint density at radius 3 is 1.85 bits per heavy atom. The predicted molar refractivity (Wildman–Crippen MR) is 99.6 cm³/mol. The van der Waals surface area contributed by atoms with Crippen LogP contribution in [0.3, 0.4) is 0 Å². The normalized spacial score (nSPS) is 12.8. The Labute approximate surface area is 136 Å². The lowest BCUT2D eigenvalue weighted by molar-refractivity contribution is 0.441. The standard InChI is InChI=1S/C17H37NS2/c1-3-5-7-9-11-13-17(12-10-8-6-4-2)16-20-19-15-14-18/h17H,3-16,18H2,1-2H3. The first-order valence-corrected chi connectivity index (χ1v) is 11.3. The topological polar surface area (TPSA) is 26.0 Å². The van der Waals surface area contributed by atoms with Gasteiger partial charge in [0.15, 0.2) is 0 Å². The van der Waals surface area contributed by atoms with Crippen molar-refractivity contribution in [3.63, 3.8) is 0 Å². The van der Waals surface area contributed by atoms with Crippen molar-refractivity contribution in [1.29, 1.82) is 0 Å². The van der Waals surface area contributed by atoms with Crippen LogP contribution in [0.25, 0.3) is 0 Å². The molecule has 122 valence electrons. The smallest absolute Gasteiger partial charge is 0.0160 e. The van der Waals surface area contributed by atoms with Gasteiger partial charge in [0.05, 0.1) is 0 Å². The molecule has 0 amide bonds. The van der Waals surface area contributed by atoms with Crippen molar-refractivity contribution in [2.45, 2.75) is 84.5 Å². The van der Waals surface area contributed by atoms with Gasteiger partial charge in [0, 0.05) is 18.1 Å². The molecule has 0 radical (unpaired) electrons. The zero-order chi connectivity index (χ0) is 14.9. The van der Waals surface area contributed by atoms with Crippen molar-refractivity contribution in [1.82, 2.24) is 0 Å². The molecule has 0 rings (SSSR count). The molecule has 0 bridgehead atoms. The van der Waals surface area contributed by atoms with Crippen LogP contribution in [-0.4, -0.2) is 18.1 Å². The highest BCUT2D eigenvalue weighted by Gasteiger charge is 2.09. The van der Waals surface area contributed by atoms with Crippen LogP contribution in [0.15, 0.2) is 0 Å². The third kappa shape index (κ3) is 15.1. The Morgan fingerprint density at radius 1 is 0.750 bits per heavy atom. The maximum atomic E-state index is 5.55. The number of hydrogen-bond donors (Lipinski definition) is 1. The average molecular weight is 320 g/mol. The van der Waals surface area contributed by atoms with E-state index in [1.807, 2.05) is 10.8 Å². The SMILES string of the molecule is CCCCCCCC(CCCCCC)CSSCCN. The molecule has 0 aliphatic rings. The van der Waals surface area contributed by atoms with Crippen LogP contribution in [0.5, 0.6) is 0 Å². The van der Waals surface area contributed by atoms with Crippen LogP contribution in [0.2, 0.25) is 0 Å². The van der Waals surface area contributed by atoms with Crippen LogP contribution in [0.1, 0.15) is 84.5 Å². The molecule has 0 saturated carbocycles. The summed E-state index contributed by atoms with van der Waals surface area (Å²) in [6.07, 6.45) is 15.6. The first-order chi connectivity index (χ1) is 9.85. The summed E-state index contributed by atoms with van der Waals surface area (Å²) < 4.78 is 0. The van der Waals surface area contributed by atoms with Crippen molar-refractivity contribution in [3.8, 4) is 0 Å². The molecule has 0 fully saturated rings. The van der Waals surface area contributed by atoms with Crippen molar-refractivity contribution >= 4 is 21.6 Å². The van der Waals surface area contributed by atoms with Gasteiger partial charge in [-0.05, 0) is 18.8 Å². The first-order valence-electron chi connectivity index (χ1n) is 8.79. The van der Waals surface area contributed by atoms with Crippen LogP contribution in [-0.2, 0) is 0 Å². The van der Waals surface area contributed by atoms with Gasteiger partial charge in [0.2, 0.25) is 0 Å². The predicted octanol–water partition coefficient (Wildman–Crippen LogP) is 6.27. The number of hydrogen-bond acceptors (Lipinski definition) is 3. The second-order valence-corrected chi connectivity index (χ2v) is 8.44. The third-order valence-electron chi connectivity index (χ3n) is 3.77. The molecule has 3 heteroatoms. The van der Waals surface area contributed by atoms with E-state index in [4.69, 9.17) is 5.73 Å². The lowest BCUT2D eigenvalue weighted by atomic mass is 9.96. The van der Waals surface area contributed by atoms with Crippen LogP contribution >= 0.6 is 21.6 Å². The van der Waals surface area contributed by atoms with E-state index >= 15 is 0 Å². The second-order valence-electron chi connectivity index (χ2n) is 5.81. The summed E-state index contributed by atoms with van der Waals surface area (Å²) in [7, 11) is 4.02. The van der Waals surface area contributed by atoms with Crippen molar-refractivity contribution in [2.24, 2.45) is 11.7 Å². The summed E-state index contributed by atoms with van der Waals surface area (Å²) in [5, 5.41) is 0. The summed E-state index contributed by atoms with van der Waals surface area (Å²) in [6, 6.07) is 0. The van der Waals surface area contributed by atoms with E-state index in [2.05, 4.69) is 24.6 Å². The summed E-state index contributed by atoms with van der Waals surface area (Å²) in [4.78, 5) is 0. The van der Waals surface area contributed by atoms with Crippen LogP contribution in [0, 0.1) is 5.92 Å². The summed E-state index contributed by atoms with van der Waals surface area (Å²) in [5.41, 5.74) is 5.55. The molecule has 0 aromatic heterocycles. The van der Waals surface area contributed by atoms with E-state index < -0.39 is 0 Å². The summed E-state index contributed by atoms with van der Waals surface area (Å²) in [6.45, 7) is 5.40. The minimum Gasteiger partial charge on any atom is -0.330 e. The molecule has 0 aliphatic carbocycles. The number of unbranched alkanes of at least 4 members (excludes halogenated alkanes) is 7. The van der Waals surface area contributed by atoms with Crippen molar-refractivity contribution < 1.29 is 0 Å². The Hall–Kier alpha value is 0.660. The monoisotopic (exact) mass is 319 g/mol. The third-order valence-corrected chi connectivity index (χ3v) is 6.35. The lowest BCUT2D eigenvalue weighted by Gasteiger charge is -2.16. The average Bonchev–Trinajstić information content (AvgIpc) is 2.47. The molecule has 1 nitrogen and oxygen atoms in total. The van der Waals surface area contributed by atoms with E-state index in [0.717, 1.165) is 18.2 Å². The lowest BCUT2D eigenvalue weighted by Crippen LogP contribution is -2.05. The van der Waals surface area contributed by atoms with Gasteiger partial charge in [-0.2, -0.15) is 0 Å². The first kappa shape index (κ1) is 20.7. The fourth-order valence-electron chi connectivity index (χ4n) is 2.46. The molecule has 0 spiro atoms. The summed E-state index contributed by atoms with van der Waals surface area (Å²) >= 11 is 0. The molecule has 0 aliphatic heterocycles. The molecule has 20 heavy (non-hydrogen) atoms. The number of rotatable bonds is 16. The van der Waals surface area contributed by atoms with Gasteiger partial charge in [-0.25, -0.2) is 0 Å². The Bertz CT molecular complexity index is 164. The molecule has 0 heterocycles. The highest BCUT2D eigenvalue weighted by molar-refractivity contribution is 8.76. The van der Waals surface area contributed by atoms with E-state index in [1.165, 1.54) is 76.4 Å². The van der Waals surface area contributed by atoms with Crippen molar-refractivity contribution in [3.05, 3.63) is 0 Å². The Balaban J connectivity index is 3.67. The van der Waals surface area contributed by atoms with Crippen LogP contribution in [0.4, 0.5) is 0 Å². The zero-order valence-electron chi connectivity index (χ0n) is 13.9. The molecule has 1 unspecified atom stereocenters. The Kier molecular flexibility index (Phi) is 18.3. The maximum Gasteiger partial charge on any atom is 0.0160 e. The van der Waals surface area contributed by atoms with E-state index in [9.17, 15) is 0 Å². The molecular formula is C17H37NS2. The van der Waals surface area contributed by atoms with E-state index in [0.29, 0.717) is 0 Å². The molecule has 0 aromatic carbocycles. The van der Waals surface area contributed by atoms with E-state index in [-0.39, 0.29) is 0 Å². The quantitative estimate of drug-likeness (QED) is 0.268. The Morgan fingerprint density at radius 2 is 1.30 bits per heavy atom. The molecule has 2 N–H and O–H groups in total. The second kappa shape index (κ2) is 17.7.